The molecule has 0 aliphatic rings. The fourth-order valence-electron chi connectivity index (χ4n) is 1.26. The Labute approximate surface area is 89.7 Å². The molecule has 5 heteroatoms. The molecule has 0 atom stereocenters. The third-order valence-electron chi connectivity index (χ3n) is 2.11. The number of nitrogens with zero attached hydrogens (tertiary/aromatic N) is 2. The van der Waals surface area contributed by atoms with E-state index in [1.807, 2.05) is 6.92 Å². The van der Waals surface area contributed by atoms with E-state index >= 15 is 0 Å². The summed E-state index contributed by atoms with van der Waals surface area (Å²) in [6.07, 6.45) is 1.81. The van der Waals surface area contributed by atoms with Gasteiger partial charge in [0.05, 0.1) is 6.61 Å². The zero-order valence-corrected chi connectivity index (χ0v) is 9.25. The van der Waals surface area contributed by atoms with E-state index in [2.05, 4.69) is 22.2 Å². The fraction of sp³-hybridized carbons (Fsp3) is 0.600. The number of rotatable bonds is 5. The Bertz CT molecular complexity index is 327. The summed E-state index contributed by atoms with van der Waals surface area (Å²) in [5, 5.41) is 11.7. The van der Waals surface area contributed by atoms with Gasteiger partial charge >= 0.3 is 0 Å². The molecule has 0 aromatic carbocycles. The van der Waals surface area contributed by atoms with Crippen LogP contribution in [0, 0.1) is 6.92 Å². The number of nitrogens with one attached hydrogen (secondary N) is 1. The van der Waals surface area contributed by atoms with Crippen molar-refractivity contribution in [2.75, 3.05) is 24.2 Å². The Morgan fingerprint density at radius 2 is 2.13 bits per heavy atom. The molecular formula is C10H18N4O. The first-order valence-corrected chi connectivity index (χ1v) is 5.16. The van der Waals surface area contributed by atoms with Crippen molar-refractivity contribution in [2.45, 2.75) is 26.7 Å². The molecule has 0 radical (unpaired) electrons. The Kier molecular flexibility index (Phi) is 4.30. The number of hydrogen-bond acceptors (Lipinski definition) is 5. The van der Waals surface area contributed by atoms with E-state index in [1.165, 1.54) is 0 Å². The smallest absolute Gasteiger partial charge is 0.134 e. The molecule has 0 bridgehead atoms. The highest BCUT2D eigenvalue weighted by Gasteiger charge is 2.07. The molecule has 15 heavy (non-hydrogen) atoms. The molecule has 0 fully saturated rings. The maximum absolute atomic E-state index is 8.72. The summed E-state index contributed by atoms with van der Waals surface area (Å²) in [7, 11) is 0. The van der Waals surface area contributed by atoms with Crippen LogP contribution in [-0.4, -0.2) is 28.2 Å². The summed E-state index contributed by atoms with van der Waals surface area (Å²) in [6, 6.07) is 0. The van der Waals surface area contributed by atoms with E-state index in [0.29, 0.717) is 12.4 Å². The van der Waals surface area contributed by atoms with Crippen LogP contribution >= 0.6 is 0 Å². The van der Waals surface area contributed by atoms with Crippen molar-refractivity contribution >= 4 is 11.6 Å². The zero-order chi connectivity index (χ0) is 11.3. The van der Waals surface area contributed by atoms with Crippen LogP contribution in [0.15, 0.2) is 0 Å². The lowest BCUT2D eigenvalue weighted by Crippen LogP contribution is -2.12. The van der Waals surface area contributed by atoms with Gasteiger partial charge < -0.3 is 16.2 Å². The van der Waals surface area contributed by atoms with Gasteiger partial charge in [-0.15, -0.1) is 0 Å². The molecular weight excluding hydrogens is 192 g/mol. The summed E-state index contributed by atoms with van der Waals surface area (Å²) < 4.78 is 0. The minimum atomic E-state index is 0.0759. The summed E-state index contributed by atoms with van der Waals surface area (Å²) in [6.45, 7) is 4.49. The van der Waals surface area contributed by atoms with E-state index in [-0.39, 0.29) is 6.61 Å². The van der Waals surface area contributed by atoms with Gasteiger partial charge in [0.1, 0.15) is 17.5 Å². The summed E-state index contributed by atoms with van der Waals surface area (Å²) in [5.74, 6) is 1.98. The number of hydrogen-bond donors (Lipinski definition) is 3. The van der Waals surface area contributed by atoms with Crippen LogP contribution in [0.3, 0.4) is 0 Å². The highest BCUT2D eigenvalue weighted by atomic mass is 16.3. The number of anilines is 2. The lowest BCUT2D eigenvalue weighted by Gasteiger charge is -2.10. The number of aliphatic hydroxyl groups is 1. The minimum absolute atomic E-state index is 0.0759. The first kappa shape index (κ1) is 11.7. The maximum Gasteiger partial charge on any atom is 0.134 e. The molecule has 0 unspecified atom stereocenters. The Morgan fingerprint density at radius 1 is 1.40 bits per heavy atom. The van der Waals surface area contributed by atoms with Crippen LogP contribution in [0.4, 0.5) is 11.6 Å². The van der Waals surface area contributed by atoms with Crippen molar-refractivity contribution in [3.05, 3.63) is 11.4 Å². The molecule has 1 aromatic rings. The molecule has 1 aromatic heterocycles. The summed E-state index contributed by atoms with van der Waals surface area (Å²) in [4.78, 5) is 8.54. The van der Waals surface area contributed by atoms with Gasteiger partial charge in [0.2, 0.25) is 0 Å². The second-order valence-corrected chi connectivity index (χ2v) is 3.40. The van der Waals surface area contributed by atoms with Crippen molar-refractivity contribution in [3.8, 4) is 0 Å². The van der Waals surface area contributed by atoms with Crippen molar-refractivity contribution in [2.24, 2.45) is 0 Å². The first-order valence-electron chi connectivity index (χ1n) is 5.16. The van der Waals surface area contributed by atoms with Crippen LogP contribution in [0.5, 0.6) is 0 Å². The summed E-state index contributed by atoms with van der Waals surface area (Å²) >= 11 is 0. The number of aromatic nitrogens is 2. The lowest BCUT2D eigenvalue weighted by atomic mass is 10.2. The normalized spacial score (nSPS) is 10.3. The Morgan fingerprint density at radius 3 is 2.73 bits per heavy atom. The highest BCUT2D eigenvalue weighted by Crippen LogP contribution is 2.17. The van der Waals surface area contributed by atoms with Gasteiger partial charge in [0.25, 0.3) is 0 Å². The zero-order valence-electron chi connectivity index (χ0n) is 9.25. The molecule has 84 valence electrons. The van der Waals surface area contributed by atoms with Crippen molar-refractivity contribution < 1.29 is 5.11 Å². The van der Waals surface area contributed by atoms with Gasteiger partial charge in [-0.2, -0.15) is 0 Å². The average Bonchev–Trinajstić information content (AvgIpc) is 2.21. The average molecular weight is 210 g/mol. The molecule has 1 heterocycles. The molecule has 1 rings (SSSR count). The van der Waals surface area contributed by atoms with Gasteiger partial charge in [-0.05, 0) is 13.3 Å². The predicted molar refractivity (Wildman–Crippen MR) is 60.8 cm³/mol. The summed E-state index contributed by atoms with van der Waals surface area (Å²) in [5.41, 5.74) is 6.61. The third-order valence-corrected chi connectivity index (χ3v) is 2.11. The standard InChI is InChI=1S/C10H18N4O/c1-3-4-8-13-9(11)7(2)10(14-8)12-5-6-15/h15H,3-6H2,1-2H3,(H3,11,12,13,14). The molecule has 5 nitrogen and oxygen atoms in total. The van der Waals surface area contributed by atoms with Gasteiger partial charge in [0.15, 0.2) is 0 Å². The van der Waals surface area contributed by atoms with Crippen molar-refractivity contribution in [1.29, 1.82) is 0 Å². The van der Waals surface area contributed by atoms with Crippen molar-refractivity contribution in [1.82, 2.24) is 9.97 Å². The van der Waals surface area contributed by atoms with Crippen LogP contribution in [0.1, 0.15) is 24.7 Å². The van der Waals surface area contributed by atoms with E-state index in [0.717, 1.165) is 30.0 Å². The third kappa shape index (κ3) is 3.06. The van der Waals surface area contributed by atoms with Crippen LogP contribution in [0.25, 0.3) is 0 Å². The van der Waals surface area contributed by atoms with E-state index in [1.54, 1.807) is 0 Å². The molecule has 0 saturated heterocycles. The van der Waals surface area contributed by atoms with Crippen LogP contribution in [0.2, 0.25) is 0 Å². The number of aliphatic hydroxyl groups excluding tert-OH is 1. The fourth-order valence-corrected chi connectivity index (χ4v) is 1.26. The van der Waals surface area contributed by atoms with E-state index in [9.17, 15) is 0 Å². The van der Waals surface area contributed by atoms with E-state index < -0.39 is 0 Å². The van der Waals surface area contributed by atoms with Crippen LogP contribution < -0.4 is 11.1 Å². The molecule has 0 aliphatic heterocycles. The molecule has 0 aliphatic carbocycles. The monoisotopic (exact) mass is 210 g/mol. The van der Waals surface area contributed by atoms with Gasteiger partial charge in [-0.1, -0.05) is 6.92 Å². The molecule has 0 spiro atoms. The minimum Gasteiger partial charge on any atom is -0.395 e. The Hall–Kier alpha value is -1.36. The van der Waals surface area contributed by atoms with Gasteiger partial charge in [0, 0.05) is 18.5 Å². The second kappa shape index (κ2) is 5.50. The largest absolute Gasteiger partial charge is 0.395 e. The molecule has 4 N–H and O–H groups in total. The number of nitrogen functional groups attached to an aromatic ring is 1. The first-order chi connectivity index (χ1) is 7.19. The highest BCUT2D eigenvalue weighted by molar-refractivity contribution is 5.54. The van der Waals surface area contributed by atoms with Gasteiger partial charge in [-0.25, -0.2) is 9.97 Å². The number of aryl methyl sites for hydroxylation is 1. The Balaban J connectivity index is 2.91. The SMILES string of the molecule is CCCc1nc(N)c(C)c(NCCO)n1. The number of nitrogens with two attached hydrogens (primary N) is 1. The van der Waals surface area contributed by atoms with Crippen molar-refractivity contribution in [3.63, 3.8) is 0 Å². The molecule has 0 saturated carbocycles. The topological polar surface area (TPSA) is 84.1 Å². The van der Waals surface area contributed by atoms with E-state index in [4.69, 9.17) is 10.8 Å². The van der Waals surface area contributed by atoms with Gasteiger partial charge in [-0.3, -0.25) is 0 Å². The predicted octanol–water partition coefficient (Wildman–Crippen LogP) is 0.724. The maximum atomic E-state index is 8.72. The lowest BCUT2D eigenvalue weighted by molar-refractivity contribution is 0.311. The van der Waals surface area contributed by atoms with Crippen LogP contribution in [-0.2, 0) is 6.42 Å². The second-order valence-electron chi connectivity index (χ2n) is 3.40. The molecule has 0 amide bonds. The quantitative estimate of drug-likeness (QED) is 0.667.